The average molecular weight is 396 g/mol. The van der Waals surface area contributed by atoms with E-state index in [1.165, 1.54) is 16.4 Å². The van der Waals surface area contributed by atoms with E-state index in [1.807, 2.05) is 0 Å². The van der Waals surface area contributed by atoms with Gasteiger partial charge in [-0.3, -0.25) is 20.3 Å². The molecule has 0 aliphatic carbocycles. The molecule has 2 N–H and O–H groups in total. The largest absolute Gasteiger partial charge is 0.379 e. The Balaban J connectivity index is 1.54. The van der Waals surface area contributed by atoms with Gasteiger partial charge in [-0.15, -0.1) is 0 Å². The summed E-state index contributed by atoms with van der Waals surface area (Å²) in [6, 6.07) is 5.69. The van der Waals surface area contributed by atoms with Crippen LogP contribution < -0.4 is 10.7 Å². The van der Waals surface area contributed by atoms with Gasteiger partial charge in [0, 0.05) is 19.5 Å². The van der Waals surface area contributed by atoms with Crippen LogP contribution in [0.25, 0.3) is 0 Å². The van der Waals surface area contributed by atoms with Crippen LogP contribution in [0.4, 0.5) is 4.79 Å². The number of morpholine rings is 1. The fourth-order valence-electron chi connectivity index (χ4n) is 2.76. The molecular weight excluding hydrogens is 376 g/mol. The number of hydrogen-bond donors (Lipinski definition) is 2. The van der Waals surface area contributed by atoms with Crippen LogP contribution in [0.5, 0.6) is 0 Å². The minimum Gasteiger partial charge on any atom is -0.379 e. The Morgan fingerprint density at radius 1 is 1.15 bits per heavy atom. The maximum Gasteiger partial charge on any atom is 0.343 e. The van der Waals surface area contributed by atoms with Crippen molar-refractivity contribution < 1.29 is 27.5 Å². The van der Waals surface area contributed by atoms with Crippen molar-refractivity contribution in [1.29, 1.82) is 0 Å². The molecule has 0 radical (unpaired) electrons. The molecule has 146 valence electrons. The SMILES string of the molecule is O=C1CN(NC(=O)CCc2ccc(S(=O)(=O)N3CCOCC3)cc2)C(=O)N1. The van der Waals surface area contributed by atoms with Crippen LogP contribution in [0.2, 0.25) is 0 Å². The quantitative estimate of drug-likeness (QED) is 0.608. The van der Waals surface area contributed by atoms with Gasteiger partial charge in [0.15, 0.2) is 0 Å². The number of nitrogens with zero attached hydrogens (tertiary/aromatic N) is 2. The number of sulfonamides is 1. The van der Waals surface area contributed by atoms with Crippen molar-refractivity contribution in [2.75, 3.05) is 32.8 Å². The average Bonchev–Trinajstić information content (AvgIpc) is 2.98. The molecule has 11 heteroatoms. The Morgan fingerprint density at radius 2 is 1.81 bits per heavy atom. The highest BCUT2D eigenvalue weighted by atomic mass is 32.2. The van der Waals surface area contributed by atoms with E-state index < -0.39 is 27.9 Å². The first kappa shape index (κ1) is 19.3. The standard InChI is InChI=1S/C16H20N4O6S/c21-14(18-20-11-15(22)17-16(20)23)6-3-12-1-4-13(5-2-12)27(24,25)19-7-9-26-10-8-19/h1-2,4-5H,3,6-11H2,(H,18,21)(H,17,22,23). The third-order valence-corrected chi connectivity index (χ3v) is 6.14. The Labute approximate surface area is 156 Å². The summed E-state index contributed by atoms with van der Waals surface area (Å²) < 4.78 is 31.7. The van der Waals surface area contributed by atoms with Gasteiger partial charge < -0.3 is 4.74 Å². The van der Waals surface area contributed by atoms with Crippen LogP contribution in [-0.4, -0.2) is 68.4 Å². The number of imide groups is 1. The summed E-state index contributed by atoms with van der Waals surface area (Å²) in [7, 11) is -3.55. The second-order valence-electron chi connectivity index (χ2n) is 6.13. The zero-order chi connectivity index (χ0) is 19.4. The molecule has 2 aliphatic heterocycles. The number of carbonyl (C=O) groups excluding carboxylic acids is 3. The fourth-order valence-corrected chi connectivity index (χ4v) is 4.17. The van der Waals surface area contributed by atoms with E-state index in [9.17, 15) is 22.8 Å². The molecule has 2 heterocycles. The van der Waals surface area contributed by atoms with Crippen LogP contribution >= 0.6 is 0 Å². The van der Waals surface area contributed by atoms with Gasteiger partial charge in [0.2, 0.25) is 21.8 Å². The second kappa shape index (κ2) is 8.03. The van der Waals surface area contributed by atoms with Gasteiger partial charge in [-0.2, -0.15) is 4.31 Å². The smallest absolute Gasteiger partial charge is 0.343 e. The lowest BCUT2D eigenvalue weighted by molar-refractivity contribution is -0.125. The van der Waals surface area contributed by atoms with Gasteiger partial charge in [0.1, 0.15) is 6.54 Å². The first-order chi connectivity index (χ1) is 12.9. The number of hydrazine groups is 1. The predicted molar refractivity (Wildman–Crippen MR) is 92.7 cm³/mol. The van der Waals surface area contributed by atoms with E-state index in [0.717, 1.165) is 10.6 Å². The fraction of sp³-hybridized carbons (Fsp3) is 0.438. The van der Waals surface area contributed by atoms with Crippen molar-refractivity contribution >= 4 is 27.9 Å². The second-order valence-corrected chi connectivity index (χ2v) is 8.07. The maximum atomic E-state index is 12.6. The van der Waals surface area contributed by atoms with Gasteiger partial charge in [0.25, 0.3) is 0 Å². The molecule has 2 saturated heterocycles. The number of aryl methyl sites for hydroxylation is 1. The zero-order valence-corrected chi connectivity index (χ0v) is 15.3. The molecule has 0 saturated carbocycles. The van der Waals surface area contributed by atoms with Crippen molar-refractivity contribution in [3.63, 3.8) is 0 Å². The van der Waals surface area contributed by atoms with Crippen molar-refractivity contribution in [2.24, 2.45) is 0 Å². The number of urea groups is 1. The van der Waals surface area contributed by atoms with E-state index in [0.29, 0.717) is 32.7 Å². The molecule has 0 unspecified atom stereocenters. The van der Waals surface area contributed by atoms with E-state index in [1.54, 1.807) is 12.1 Å². The first-order valence-corrected chi connectivity index (χ1v) is 9.88. The molecule has 0 bridgehead atoms. The minimum atomic E-state index is -3.55. The topological polar surface area (TPSA) is 125 Å². The van der Waals surface area contributed by atoms with Gasteiger partial charge in [-0.05, 0) is 24.1 Å². The lowest BCUT2D eigenvalue weighted by Crippen LogP contribution is -2.44. The molecule has 4 amide bonds. The molecule has 0 aromatic heterocycles. The monoisotopic (exact) mass is 396 g/mol. The van der Waals surface area contributed by atoms with Crippen molar-refractivity contribution in [2.45, 2.75) is 17.7 Å². The van der Waals surface area contributed by atoms with Crippen LogP contribution in [-0.2, 0) is 30.8 Å². The van der Waals surface area contributed by atoms with Crippen LogP contribution in [0, 0.1) is 0 Å². The zero-order valence-electron chi connectivity index (χ0n) is 14.5. The summed E-state index contributed by atoms with van der Waals surface area (Å²) in [5.74, 6) is -0.887. The first-order valence-electron chi connectivity index (χ1n) is 8.44. The highest BCUT2D eigenvalue weighted by Crippen LogP contribution is 2.18. The molecular formula is C16H20N4O6S. The number of nitrogens with one attached hydrogen (secondary N) is 2. The Bertz CT molecular complexity index is 833. The molecule has 2 aliphatic rings. The van der Waals surface area contributed by atoms with E-state index in [4.69, 9.17) is 4.74 Å². The summed E-state index contributed by atoms with van der Waals surface area (Å²) in [6.45, 7) is 1.21. The van der Waals surface area contributed by atoms with Crippen molar-refractivity contribution in [3.8, 4) is 0 Å². The Morgan fingerprint density at radius 3 is 2.41 bits per heavy atom. The summed E-state index contributed by atoms with van der Waals surface area (Å²) in [5.41, 5.74) is 3.14. The van der Waals surface area contributed by atoms with E-state index in [-0.39, 0.29) is 17.9 Å². The van der Waals surface area contributed by atoms with Gasteiger partial charge in [-0.25, -0.2) is 18.2 Å². The number of ether oxygens (including phenoxy) is 1. The van der Waals surface area contributed by atoms with E-state index >= 15 is 0 Å². The molecule has 27 heavy (non-hydrogen) atoms. The highest BCUT2D eigenvalue weighted by molar-refractivity contribution is 7.89. The summed E-state index contributed by atoms with van der Waals surface area (Å²) >= 11 is 0. The molecule has 1 aromatic carbocycles. The number of rotatable bonds is 6. The molecule has 3 rings (SSSR count). The van der Waals surface area contributed by atoms with E-state index in [2.05, 4.69) is 10.7 Å². The number of carbonyl (C=O) groups is 3. The molecule has 10 nitrogen and oxygen atoms in total. The maximum absolute atomic E-state index is 12.6. The molecule has 2 fully saturated rings. The molecule has 0 atom stereocenters. The van der Waals surface area contributed by atoms with Gasteiger partial charge >= 0.3 is 6.03 Å². The Kier molecular flexibility index (Phi) is 5.73. The third-order valence-electron chi connectivity index (χ3n) is 4.22. The lowest BCUT2D eigenvalue weighted by atomic mass is 10.1. The summed E-state index contributed by atoms with van der Waals surface area (Å²) in [4.78, 5) is 34.5. The van der Waals surface area contributed by atoms with Crippen LogP contribution in [0.3, 0.4) is 0 Å². The van der Waals surface area contributed by atoms with Gasteiger partial charge in [-0.1, -0.05) is 12.1 Å². The molecule has 0 spiro atoms. The van der Waals surface area contributed by atoms with Gasteiger partial charge in [0.05, 0.1) is 18.1 Å². The normalized spacial score (nSPS) is 18.4. The summed E-state index contributed by atoms with van der Waals surface area (Å²) in [6.07, 6.45) is 0.459. The minimum absolute atomic E-state index is 0.0908. The third kappa shape index (κ3) is 4.62. The predicted octanol–water partition coefficient (Wildman–Crippen LogP) is -0.777. The highest BCUT2D eigenvalue weighted by Gasteiger charge is 2.28. The number of benzene rings is 1. The van der Waals surface area contributed by atoms with Crippen molar-refractivity contribution in [3.05, 3.63) is 29.8 Å². The Hall–Kier alpha value is -2.50. The lowest BCUT2D eigenvalue weighted by Gasteiger charge is -2.26. The number of hydrogen-bond acceptors (Lipinski definition) is 6. The molecule has 1 aromatic rings. The summed E-state index contributed by atoms with van der Waals surface area (Å²) in [5, 5.41) is 2.98. The van der Waals surface area contributed by atoms with Crippen molar-refractivity contribution in [1.82, 2.24) is 20.1 Å². The number of amides is 4. The van der Waals surface area contributed by atoms with Crippen LogP contribution in [0.15, 0.2) is 29.2 Å². The van der Waals surface area contributed by atoms with Crippen LogP contribution in [0.1, 0.15) is 12.0 Å².